The van der Waals surface area contributed by atoms with Gasteiger partial charge in [0.05, 0.1) is 17.8 Å². The van der Waals surface area contributed by atoms with Crippen molar-refractivity contribution in [3.05, 3.63) is 62.5 Å². The fraction of sp³-hybridized carbons (Fsp3) is 0.448. The number of hydrogen-bond donors (Lipinski definition) is 1. The lowest BCUT2D eigenvalue weighted by molar-refractivity contribution is -0.274. The monoisotopic (exact) mass is 590 g/mol. The van der Waals surface area contributed by atoms with Gasteiger partial charge >= 0.3 is 12.0 Å². The van der Waals surface area contributed by atoms with E-state index in [1.54, 1.807) is 0 Å². The van der Waals surface area contributed by atoms with Crippen molar-refractivity contribution in [3.63, 3.8) is 0 Å². The Bertz CT molecular complexity index is 1530. The summed E-state index contributed by atoms with van der Waals surface area (Å²) in [6.07, 6.45) is -4.49. The zero-order valence-electron chi connectivity index (χ0n) is 23.5. The first-order chi connectivity index (χ1) is 19.5. The number of carbonyl (C=O) groups is 1. The Labute approximate surface area is 240 Å². The van der Waals surface area contributed by atoms with Crippen LogP contribution in [-0.4, -0.2) is 67.6 Å². The van der Waals surface area contributed by atoms with E-state index in [0.29, 0.717) is 29.9 Å². The van der Waals surface area contributed by atoms with E-state index < -0.39 is 23.6 Å². The number of aryl methyl sites for hydroxylation is 2. The molecule has 0 bridgehead atoms. The smallest absolute Gasteiger partial charge is 0.422 e. The highest BCUT2D eigenvalue weighted by Gasteiger charge is 2.34. The van der Waals surface area contributed by atoms with Gasteiger partial charge in [-0.3, -0.25) is 4.79 Å². The molecular weight excluding hydrogens is 557 g/mol. The molecule has 0 atom stereocenters. The molecule has 8 nitrogen and oxygen atoms in total. The molecule has 5 rings (SSSR count). The Morgan fingerprint density at radius 2 is 1.83 bits per heavy atom. The second-order valence-corrected chi connectivity index (χ2v) is 11.5. The van der Waals surface area contributed by atoms with Crippen molar-refractivity contribution >= 4 is 40.2 Å². The van der Waals surface area contributed by atoms with Crippen molar-refractivity contribution in [1.29, 1.82) is 0 Å². The van der Waals surface area contributed by atoms with Crippen molar-refractivity contribution in [2.45, 2.75) is 40.1 Å². The molecule has 1 fully saturated rings. The molecule has 41 heavy (non-hydrogen) atoms. The van der Waals surface area contributed by atoms with Gasteiger partial charge in [0.25, 0.3) is 5.91 Å². The fourth-order valence-electron chi connectivity index (χ4n) is 5.58. The Hall–Kier alpha value is -3.38. The Balaban J connectivity index is 1.45. The number of piperazine rings is 1. The Morgan fingerprint density at radius 3 is 2.51 bits per heavy atom. The molecule has 3 aromatic rings. The SMILES string of the molecule is CCSNc1ccc(C(=O)N2CCc3c(c(=O)oc4c(C)c(N5CCN(C)CC5)cc(C)c34)C2)cc1OC(F)(F)F. The highest BCUT2D eigenvalue weighted by atomic mass is 32.2. The normalized spacial score (nSPS) is 16.2. The zero-order chi connectivity index (χ0) is 29.5. The minimum absolute atomic E-state index is 0.00624. The Morgan fingerprint density at radius 1 is 1.10 bits per heavy atom. The Kier molecular flexibility index (Phi) is 8.15. The molecule has 0 spiro atoms. The van der Waals surface area contributed by atoms with Crippen molar-refractivity contribution in [2.24, 2.45) is 0 Å². The third-order valence-electron chi connectivity index (χ3n) is 7.70. The number of carbonyl (C=O) groups excluding carboxylic acids is 1. The van der Waals surface area contributed by atoms with Gasteiger partial charge in [-0.25, -0.2) is 4.79 Å². The number of anilines is 2. The molecule has 1 saturated heterocycles. The van der Waals surface area contributed by atoms with Crippen LogP contribution in [0, 0.1) is 13.8 Å². The van der Waals surface area contributed by atoms with E-state index in [0.717, 1.165) is 60.0 Å². The number of amides is 1. The van der Waals surface area contributed by atoms with Gasteiger partial charge in [-0.05, 0) is 62.7 Å². The fourth-order valence-corrected chi connectivity index (χ4v) is 6.05. The lowest BCUT2D eigenvalue weighted by atomic mass is 9.92. The summed E-state index contributed by atoms with van der Waals surface area (Å²) in [5.41, 5.74) is 4.47. The number of fused-ring (bicyclic) bond motifs is 3. The number of ether oxygens (including phenoxy) is 1. The van der Waals surface area contributed by atoms with Crippen LogP contribution in [0.25, 0.3) is 11.0 Å². The van der Waals surface area contributed by atoms with E-state index in [1.165, 1.54) is 29.0 Å². The van der Waals surface area contributed by atoms with Crippen LogP contribution in [0.3, 0.4) is 0 Å². The molecule has 1 aromatic heterocycles. The molecule has 0 saturated carbocycles. The van der Waals surface area contributed by atoms with Gasteiger partial charge in [0, 0.05) is 60.7 Å². The lowest BCUT2D eigenvalue weighted by Crippen LogP contribution is -2.44. The number of benzene rings is 2. The van der Waals surface area contributed by atoms with E-state index in [-0.39, 0.29) is 17.8 Å². The van der Waals surface area contributed by atoms with Gasteiger partial charge in [-0.2, -0.15) is 0 Å². The molecule has 220 valence electrons. The van der Waals surface area contributed by atoms with Crippen molar-refractivity contribution < 1.29 is 27.1 Å². The number of nitrogens with zero attached hydrogens (tertiary/aromatic N) is 3. The third-order valence-corrected chi connectivity index (χ3v) is 8.35. The van der Waals surface area contributed by atoms with E-state index >= 15 is 0 Å². The van der Waals surface area contributed by atoms with Crippen LogP contribution in [0.4, 0.5) is 24.5 Å². The largest absolute Gasteiger partial charge is 0.573 e. The molecule has 2 aliphatic rings. The number of nitrogens with one attached hydrogen (secondary N) is 1. The molecule has 2 aliphatic heterocycles. The molecule has 3 heterocycles. The van der Waals surface area contributed by atoms with Gasteiger partial charge < -0.3 is 28.6 Å². The van der Waals surface area contributed by atoms with Crippen molar-refractivity contribution in [3.8, 4) is 5.75 Å². The lowest BCUT2D eigenvalue weighted by Gasteiger charge is -2.35. The summed E-state index contributed by atoms with van der Waals surface area (Å²) in [6.45, 7) is 9.83. The number of alkyl halides is 3. The maximum Gasteiger partial charge on any atom is 0.573 e. The van der Waals surface area contributed by atoms with E-state index in [4.69, 9.17) is 4.42 Å². The number of hydrogen-bond acceptors (Lipinski definition) is 8. The maximum atomic E-state index is 13.4. The molecule has 12 heteroatoms. The second kappa shape index (κ2) is 11.5. The summed E-state index contributed by atoms with van der Waals surface area (Å²) in [5.74, 6) is -0.364. The quantitative estimate of drug-likeness (QED) is 0.305. The molecule has 0 unspecified atom stereocenters. The molecule has 0 radical (unpaired) electrons. The standard InChI is InChI=1S/C29H33F3N4O4S/c1-5-41-33-22-7-6-19(15-24(22)40-29(30,31)32)27(37)36-9-8-20-21(16-36)28(38)39-26-18(3)23(14-17(2)25(20)26)35-12-10-34(4)11-13-35/h6-7,14-15,33H,5,8-13,16H2,1-4H3. The van der Waals surface area contributed by atoms with E-state index in [9.17, 15) is 22.8 Å². The van der Waals surface area contributed by atoms with Crippen LogP contribution in [0.1, 0.15) is 39.5 Å². The highest BCUT2D eigenvalue weighted by Crippen LogP contribution is 2.37. The summed E-state index contributed by atoms with van der Waals surface area (Å²) in [5, 5.41) is 0.895. The van der Waals surface area contributed by atoms with Crippen molar-refractivity contribution in [1.82, 2.24) is 9.80 Å². The van der Waals surface area contributed by atoms with Crippen LogP contribution in [0.15, 0.2) is 33.5 Å². The molecule has 1 N–H and O–H groups in total. The first kappa shape index (κ1) is 29.1. The summed E-state index contributed by atoms with van der Waals surface area (Å²) in [7, 11) is 2.10. The minimum atomic E-state index is -4.92. The average Bonchev–Trinajstić information content (AvgIpc) is 2.93. The van der Waals surface area contributed by atoms with E-state index in [1.807, 2.05) is 20.8 Å². The van der Waals surface area contributed by atoms with Gasteiger partial charge in [0.1, 0.15) is 5.58 Å². The molecule has 2 aromatic carbocycles. The van der Waals surface area contributed by atoms with Gasteiger partial charge in [-0.15, -0.1) is 13.2 Å². The zero-order valence-corrected chi connectivity index (χ0v) is 24.3. The van der Waals surface area contributed by atoms with E-state index in [2.05, 4.69) is 32.4 Å². The van der Waals surface area contributed by atoms with Crippen LogP contribution in [0.5, 0.6) is 5.75 Å². The summed E-state index contributed by atoms with van der Waals surface area (Å²) >= 11 is 1.21. The van der Waals surface area contributed by atoms with Crippen LogP contribution < -0.4 is 20.0 Å². The third kappa shape index (κ3) is 5.99. The topological polar surface area (TPSA) is 78.3 Å². The summed E-state index contributed by atoms with van der Waals surface area (Å²) in [6, 6.07) is 6.08. The molecule has 1 amide bonds. The van der Waals surface area contributed by atoms with Crippen LogP contribution in [-0.2, 0) is 13.0 Å². The summed E-state index contributed by atoms with van der Waals surface area (Å²) < 4.78 is 52.1. The minimum Gasteiger partial charge on any atom is -0.422 e. The van der Waals surface area contributed by atoms with Crippen LogP contribution in [0.2, 0.25) is 0 Å². The summed E-state index contributed by atoms with van der Waals surface area (Å²) in [4.78, 5) is 32.7. The second-order valence-electron chi connectivity index (χ2n) is 10.4. The molecule has 0 aliphatic carbocycles. The predicted octanol–water partition coefficient (Wildman–Crippen LogP) is 5.34. The average molecular weight is 591 g/mol. The first-order valence-corrected chi connectivity index (χ1v) is 14.5. The van der Waals surface area contributed by atoms with Crippen molar-refractivity contribution in [2.75, 3.05) is 55.1 Å². The van der Waals surface area contributed by atoms with Gasteiger partial charge in [0.15, 0.2) is 5.75 Å². The molecular formula is C29H33F3N4O4S. The predicted molar refractivity (Wildman–Crippen MR) is 155 cm³/mol. The van der Waals surface area contributed by atoms with Gasteiger partial charge in [-0.1, -0.05) is 18.9 Å². The number of likely N-dealkylation sites (N-methyl/N-ethyl adjacent to an activating group) is 1. The number of halogens is 3. The maximum absolute atomic E-state index is 13.4. The van der Waals surface area contributed by atoms with Gasteiger partial charge in [0.2, 0.25) is 0 Å². The van der Waals surface area contributed by atoms with Crippen LogP contribution >= 0.6 is 11.9 Å². The highest BCUT2D eigenvalue weighted by molar-refractivity contribution is 8.00. The first-order valence-electron chi connectivity index (χ1n) is 13.6. The number of rotatable bonds is 6.